The van der Waals surface area contributed by atoms with Crippen molar-refractivity contribution in [3.05, 3.63) is 237 Å². The molecule has 0 N–H and O–H groups in total. The van der Waals surface area contributed by atoms with Crippen molar-refractivity contribution in [2.45, 2.75) is 77.0 Å². The van der Waals surface area contributed by atoms with Crippen LogP contribution in [-0.4, -0.2) is 53.3 Å². The summed E-state index contributed by atoms with van der Waals surface area (Å²) in [5, 5.41) is 0. The number of rotatable bonds is 4. The van der Waals surface area contributed by atoms with Gasteiger partial charge in [0, 0.05) is 68.8 Å². The van der Waals surface area contributed by atoms with Gasteiger partial charge in [0.05, 0.1) is 51.2 Å². The van der Waals surface area contributed by atoms with Crippen LogP contribution in [0.15, 0.2) is 190 Å². The van der Waals surface area contributed by atoms with Crippen molar-refractivity contribution >= 4 is 47.6 Å². The molecule has 16 heterocycles. The van der Waals surface area contributed by atoms with Crippen LogP contribution in [-0.2, 0) is 21.7 Å². The van der Waals surface area contributed by atoms with Crippen molar-refractivity contribution in [1.29, 1.82) is 0 Å². The van der Waals surface area contributed by atoms with Crippen molar-refractivity contribution in [3.63, 3.8) is 0 Å². The third-order valence-corrected chi connectivity index (χ3v) is 15.5. The Morgan fingerprint density at radius 3 is 0.632 bits per heavy atom. The van der Waals surface area contributed by atoms with Gasteiger partial charge in [-0.1, -0.05) is 152 Å². The van der Waals surface area contributed by atoms with Gasteiger partial charge in [-0.05, 0) is 117 Å². The molecule has 0 amide bonds. The summed E-state index contributed by atoms with van der Waals surface area (Å²) in [5.74, 6) is 2.66. The number of methoxy groups -OCH3 is 4. The van der Waals surface area contributed by atoms with Crippen LogP contribution >= 0.6 is 0 Å². The van der Waals surface area contributed by atoms with Gasteiger partial charge in [0.1, 0.15) is 23.0 Å². The number of benzene rings is 8. The summed E-state index contributed by atoms with van der Waals surface area (Å²) in [5.41, 5.74) is 15.0. The van der Waals surface area contributed by atoms with E-state index in [0.717, 1.165) is 45.0 Å². The lowest BCUT2D eigenvalue weighted by Gasteiger charge is -2.31. The topological polar surface area (TPSA) is 86.4 Å². The smallest absolute Gasteiger partial charge is 0.128 e. The summed E-state index contributed by atoms with van der Waals surface area (Å²) in [6.45, 7) is 18.2. The summed E-state index contributed by atoms with van der Waals surface area (Å²) in [6, 6.07) is 59.5. The zero-order valence-corrected chi connectivity index (χ0v) is 45.9. The first-order valence-corrected chi connectivity index (χ1v) is 25.8. The maximum atomic E-state index is 5.88. The van der Waals surface area contributed by atoms with Crippen LogP contribution in [0.1, 0.15) is 122 Å². The van der Waals surface area contributed by atoms with E-state index in [4.69, 9.17) is 38.9 Å². The van der Waals surface area contributed by atoms with E-state index in [1.807, 2.05) is 49.1 Å². The lowest BCUT2D eigenvalue weighted by atomic mass is 9.73. The molecule has 0 saturated carbocycles. The van der Waals surface area contributed by atoms with E-state index in [1.54, 1.807) is 28.4 Å². The van der Waals surface area contributed by atoms with Gasteiger partial charge < -0.3 is 18.9 Å². The Bertz CT molecular complexity index is 3030. The van der Waals surface area contributed by atoms with E-state index < -0.39 is 0 Å². The predicted molar refractivity (Wildman–Crippen MR) is 315 cm³/mol. The molecule has 0 atom stereocenters. The molecule has 0 spiro atoms. The maximum Gasteiger partial charge on any atom is 0.128 e. The van der Waals surface area contributed by atoms with Crippen LogP contribution in [0.3, 0.4) is 0 Å². The van der Waals surface area contributed by atoms with Crippen molar-refractivity contribution in [3.8, 4) is 23.0 Å². The Hall–Kier alpha value is -8.36. The highest BCUT2D eigenvalue weighted by molar-refractivity contribution is 5.93. The van der Waals surface area contributed by atoms with Gasteiger partial charge in [-0.15, -0.1) is 0 Å². The summed E-state index contributed by atoms with van der Waals surface area (Å²) < 4.78 is 23.5. The molecule has 0 unspecified atom stereocenters. The molecule has 0 fully saturated rings. The average Bonchev–Trinajstić information content (AvgIpc) is 3.45. The van der Waals surface area contributed by atoms with E-state index in [0.29, 0.717) is 23.0 Å². The third kappa shape index (κ3) is 10.8. The molecule has 16 aliphatic heterocycles. The summed E-state index contributed by atoms with van der Waals surface area (Å²) in [4.78, 5) is 19.5. The Kier molecular flexibility index (Phi) is 14.8. The zero-order valence-electron chi connectivity index (χ0n) is 45.9. The second-order valence-corrected chi connectivity index (χ2v) is 21.6. The Morgan fingerprint density at radius 2 is 0.447 bits per heavy atom. The molecule has 0 aliphatic carbocycles. The van der Waals surface area contributed by atoms with Gasteiger partial charge in [0.2, 0.25) is 0 Å². The number of aliphatic imine (C=N–C) groups is 4. The van der Waals surface area contributed by atoms with E-state index >= 15 is 0 Å². The van der Waals surface area contributed by atoms with Gasteiger partial charge in [0.25, 0.3) is 0 Å². The monoisotopic (exact) mass is 1000 g/mol. The number of hydrogen-bond acceptors (Lipinski definition) is 8. The quantitative estimate of drug-likeness (QED) is 0.176. The van der Waals surface area contributed by atoms with E-state index in [1.165, 1.54) is 44.5 Å². The second-order valence-electron chi connectivity index (χ2n) is 21.6. The second kappa shape index (κ2) is 21.5. The molecule has 8 aromatic rings. The molecule has 0 aromatic heterocycles. The van der Waals surface area contributed by atoms with E-state index in [2.05, 4.69) is 201 Å². The van der Waals surface area contributed by atoms with Gasteiger partial charge in [-0.3, -0.25) is 20.0 Å². The highest BCUT2D eigenvalue weighted by atomic mass is 16.5. The zero-order chi connectivity index (χ0) is 53.8. The maximum absolute atomic E-state index is 5.88. The van der Waals surface area contributed by atoms with Crippen LogP contribution < -0.4 is 18.9 Å². The number of ether oxygens (including phenoxy) is 4. The van der Waals surface area contributed by atoms with Crippen LogP contribution in [0.4, 0.5) is 22.7 Å². The van der Waals surface area contributed by atoms with Gasteiger partial charge in [0.15, 0.2) is 0 Å². The number of nitrogens with zero attached hydrogens (tertiary/aromatic N) is 4. The molecule has 0 saturated heterocycles. The summed E-state index contributed by atoms with van der Waals surface area (Å²) >= 11 is 0. The third-order valence-electron chi connectivity index (χ3n) is 15.5. The lowest BCUT2D eigenvalue weighted by molar-refractivity contribution is 0.402. The fourth-order valence-electron chi connectivity index (χ4n) is 9.99. The first kappa shape index (κ1) is 52.5. The lowest BCUT2D eigenvalue weighted by Crippen LogP contribution is -2.22. The molecule has 8 aromatic carbocycles. The van der Waals surface area contributed by atoms with Crippen molar-refractivity contribution in [2.75, 3.05) is 28.4 Å². The van der Waals surface area contributed by atoms with Crippen LogP contribution in [0.25, 0.3) is 0 Å². The summed E-state index contributed by atoms with van der Waals surface area (Å²) in [6.07, 6.45) is 7.29. The van der Waals surface area contributed by atoms with Crippen LogP contribution in [0.5, 0.6) is 23.0 Å². The fraction of sp³-hybridized carbons (Fsp3) is 0.235. The summed E-state index contributed by atoms with van der Waals surface area (Å²) in [7, 11) is 6.67. The van der Waals surface area contributed by atoms with Crippen molar-refractivity contribution in [1.82, 2.24) is 0 Å². The first-order chi connectivity index (χ1) is 36.4. The van der Waals surface area contributed by atoms with Gasteiger partial charge in [-0.2, -0.15) is 0 Å². The van der Waals surface area contributed by atoms with E-state index in [-0.39, 0.29) is 21.7 Å². The predicted octanol–water partition coefficient (Wildman–Crippen LogP) is 16.3. The van der Waals surface area contributed by atoms with E-state index in [9.17, 15) is 0 Å². The highest BCUT2D eigenvalue weighted by Gasteiger charge is 2.30. The van der Waals surface area contributed by atoms with Crippen molar-refractivity contribution < 1.29 is 18.9 Å². The Balaban J connectivity index is 1.07. The minimum absolute atomic E-state index is 0.281. The molecule has 24 rings (SSSR count). The standard InChI is InChI=1S/C68H68N4O4/c1-65(2)49-19-27-57(28-20-49)69-41-45-35-62(74-10)46(36-61(45)73-9)43-71-59-31-23-51(24-32-59)67(5,6)55-17-14-18-56(40-55)68(7,8)52-25-33-60(34-26-52)72-44-48-38-63(75-11)47(37-64(48)76-12)42-70-58-29-21-50(22-30-58)66(3,4)54-16-13-15-53(65)39-54/h13-44H,1-12H3. The molecular weight excluding hydrogens is 937 g/mol. The molecular formula is C68H68N4O4. The van der Waals surface area contributed by atoms with Crippen LogP contribution in [0.2, 0.25) is 0 Å². The van der Waals surface area contributed by atoms with Gasteiger partial charge in [-0.25, -0.2) is 0 Å². The molecule has 8 heteroatoms. The molecule has 0 radical (unpaired) electrons. The highest BCUT2D eigenvalue weighted by Crippen LogP contribution is 2.41. The molecule has 8 nitrogen and oxygen atoms in total. The average molecular weight is 1010 g/mol. The molecule has 16 bridgehead atoms. The number of hydrogen-bond donors (Lipinski definition) is 0. The Labute approximate surface area is 449 Å². The minimum atomic E-state index is -0.281. The molecule has 384 valence electrons. The molecule has 16 aliphatic rings. The molecule has 76 heavy (non-hydrogen) atoms. The SMILES string of the molecule is COc1cc2c(OC)cc1C=Nc1ccc(cc1)C(C)(C)c1cccc(c1)C(C)(C)c1ccc(cc1)N=Cc1cc(OC)c(cc1OC)C=Nc1ccc(cc1)C(C)(C)c1cccc(c1)C(C)(C)c1ccc(cc1)N=C2. The van der Waals surface area contributed by atoms with Crippen LogP contribution in [0, 0.1) is 0 Å². The van der Waals surface area contributed by atoms with Crippen molar-refractivity contribution in [2.24, 2.45) is 20.0 Å². The normalized spacial score (nSPS) is 15.3. The first-order valence-electron chi connectivity index (χ1n) is 25.8. The minimum Gasteiger partial charge on any atom is -0.496 e. The van der Waals surface area contributed by atoms with Gasteiger partial charge >= 0.3 is 0 Å². The largest absolute Gasteiger partial charge is 0.496 e. The fourth-order valence-corrected chi connectivity index (χ4v) is 9.99. The Morgan fingerprint density at radius 1 is 0.250 bits per heavy atom.